The normalized spacial score (nSPS) is 10.8. The van der Waals surface area contributed by atoms with Crippen LogP contribution in [0.15, 0.2) is 22.8 Å². The number of nitrogens with one attached hydrogen (secondary N) is 1. The van der Waals surface area contributed by atoms with Gasteiger partial charge >= 0.3 is 0 Å². The van der Waals surface area contributed by atoms with Crippen molar-refractivity contribution in [3.63, 3.8) is 0 Å². The number of rotatable bonds is 0. The van der Waals surface area contributed by atoms with Crippen LogP contribution in [0.3, 0.4) is 0 Å². The molecule has 0 unspecified atom stereocenters. The van der Waals surface area contributed by atoms with Gasteiger partial charge in [0.2, 0.25) is 0 Å². The minimum Gasteiger partial charge on any atom is -0.505 e. The summed E-state index contributed by atoms with van der Waals surface area (Å²) in [5, 5.41) is 10.6. The molecule has 0 amide bonds. The Bertz CT molecular complexity index is 438. The van der Waals surface area contributed by atoms with Crippen molar-refractivity contribution in [3.05, 3.63) is 27.8 Å². The van der Waals surface area contributed by atoms with Gasteiger partial charge in [0.05, 0.1) is 9.50 Å². The van der Waals surface area contributed by atoms with Gasteiger partial charge in [-0.3, -0.25) is 0 Å². The van der Waals surface area contributed by atoms with E-state index < -0.39 is 0 Å². The Morgan fingerprint density at radius 3 is 3.00 bits per heavy atom. The minimum atomic E-state index is 0.0868. The number of H-pyrrole nitrogens is 1. The van der Waals surface area contributed by atoms with Crippen molar-refractivity contribution in [3.8, 4) is 5.75 Å². The van der Waals surface area contributed by atoms with Gasteiger partial charge in [0.1, 0.15) is 5.75 Å². The summed E-state index contributed by atoms with van der Waals surface area (Å²) in [5.41, 5.74) is 0.907. The molecule has 1 aromatic carbocycles. The quantitative estimate of drug-likeness (QED) is 0.735. The largest absolute Gasteiger partial charge is 0.505 e. The van der Waals surface area contributed by atoms with Gasteiger partial charge < -0.3 is 10.1 Å². The average molecular weight is 246 g/mol. The number of hydrogen-bond acceptors (Lipinski definition) is 1. The first-order valence-corrected chi connectivity index (χ1v) is 4.51. The van der Waals surface area contributed by atoms with Crippen LogP contribution >= 0.6 is 27.5 Å². The molecule has 62 valence electrons. The maximum atomic E-state index is 9.43. The molecule has 0 aliphatic rings. The van der Waals surface area contributed by atoms with E-state index in [9.17, 15) is 5.11 Å². The lowest BCUT2D eigenvalue weighted by Gasteiger charge is -2.00. The van der Waals surface area contributed by atoms with Crippen LogP contribution in [0.2, 0.25) is 5.02 Å². The molecule has 0 saturated heterocycles. The topological polar surface area (TPSA) is 36.0 Å². The number of aromatic amines is 1. The van der Waals surface area contributed by atoms with E-state index in [0.717, 1.165) is 10.9 Å². The van der Waals surface area contributed by atoms with Crippen LogP contribution in [0.1, 0.15) is 0 Å². The van der Waals surface area contributed by atoms with E-state index in [1.807, 2.05) is 6.07 Å². The van der Waals surface area contributed by atoms with Crippen LogP contribution in [0, 0.1) is 0 Å². The van der Waals surface area contributed by atoms with E-state index in [0.29, 0.717) is 9.50 Å². The van der Waals surface area contributed by atoms with Crippen molar-refractivity contribution in [1.29, 1.82) is 0 Å². The molecule has 0 atom stereocenters. The highest BCUT2D eigenvalue weighted by atomic mass is 79.9. The molecule has 0 radical (unpaired) electrons. The smallest absolute Gasteiger partial charge is 0.149 e. The van der Waals surface area contributed by atoms with Crippen LogP contribution < -0.4 is 0 Å². The zero-order valence-corrected chi connectivity index (χ0v) is 8.28. The van der Waals surface area contributed by atoms with Crippen molar-refractivity contribution in [1.82, 2.24) is 4.98 Å². The van der Waals surface area contributed by atoms with Crippen molar-refractivity contribution >= 4 is 38.4 Å². The summed E-state index contributed by atoms with van der Waals surface area (Å²) in [6.45, 7) is 0. The summed E-state index contributed by atoms with van der Waals surface area (Å²) in [6.07, 6.45) is 1.78. The predicted molar refractivity (Wildman–Crippen MR) is 52.7 cm³/mol. The lowest BCUT2D eigenvalue weighted by Crippen LogP contribution is -1.74. The van der Waals surface area contributed by atoms with Crippen LogP contribution in [0.25, 0.3) is 10.9 Å². The van der Waals surface area contributed by atoms with Gasteiger partial charge in [-0.1, -0.05) is 11.6 Å². The van der Waals surface area contributed by atoms with Crippen LogP contribution in [-0.2, 0) is 0 Å². The molecule has 12 heavy (non-hydrogen) atoms. The van der Waals surface area contributed by atoms with Crippen molar-refractivity contribution < 1.29 is 5.11 Å². The molecule has 0 aliphatic heterocycles. The minimum absolute atomic E-state index is 0.0868. The first-order chi connectivity index (χ1) is 5.70. The Kier molecular flexibility index (Phi) is 1.77. The Morgan fingerprint density at radius 2 is 2.25 bits per heavy atom. The molecular formula is C8H5BrClNO. The third-order valence-corrected chi connectivity index (χ3v) is 2.71. The highest BCUT2D eigenvalue weighted by molar-refractivity contribution is 9.10. The lowest BCUT2D eigenvalue weighted by molar-refractivity contribution is 0.473. The molecule has 0 bridgehead atoms. The number of hydrogen-bond donors (Lipinski definition) is 2. The van der Waals surface area contributed by atoms with Crippen LogP contribution in [0.5, 0.6) is 5.75 Å². The zero-order chi connectivity index (χ0) is 8.72. The Labute approximate surface area is 82.3 Å². The first kappa shape index (κ1) is 7.95. The molecule has 2 nitrogen and oxygen atoms in total. The Morgan fingerprint density at radius 1 is 1.50 bits per heavy atom. The number of phenolic OH excluding ortho intramolecular Hbond substituents is 1. The van der Waals surface area contributed by atoms with Crippen molar-refractivity contribution in [2.75, 3.05) is 0 Å². The second-order valence-electron chi connectivity index (χ2n) is 2.46. The first-order valence-electron chi connectivity index (χ1n) is 3.34. The summed E-state index contributed by atoms with van der Waals surface area (Å²) < 4.78 is 0.599. The molecule has 1 aromatic heterocycles. The maximum absolute atomic E-state index is 9.43. The molecule has 0 aliphatic carbocycles. The van der Waals surface area contributed by atoms with Crippen molar-refractivity contribution in [2.24, 2.45) is 0 Å². The second kappa shape index (κ2) is 2.68. The van der Waals surface area contributed by atoms with E-state index in [1.54, 1.807) is 12.3 Å². The van der Waals surface area contributed by atoms with Gasteiger partial charge in [-0.05, 0) is 28.1 Å². The van der Waals surface area contributed by atoms with Crippen LogP contribution in [0.4, 0.5) is 0 Å². The molecule has 0 spiro atoms. The summed E-state index contributed by atoms with van der Waals surface area (Å²) in [6, 6.07) is 3.61. The van der Waals surface area contributed by atoms with Gasteiger partial charge in [-0.25, -0.2) is 0 Å². The number of phenols is 1. The number of fused-ring (bicyclic) bond motifs is 1. The molecule has 2 aromatic rings. The third kappa shape index (κ3) is 1.01. The van der Waals surface area contributed by atoms with Gasteiger partial charge in [-0.2, -0.15) is 0 Å². The highest BCUT2D eigenvalue weighted by Gasteiger charge is 2.08. The number of aromatic hydroxyl groups is 1. The maximum Gasteiger partial charge on any atom is 0.149 e. The van der Waals surface area contributed by atoms with Gasteiger partial charge in [0.15, 0.2) is 0 Å². The standard InChI is InChI=1S/C8H5BrClNO/c9-5-3-6-4(1-2-11-6)7(10)8(5)12/h1-3,11-12H. The summed E-state index contributed by atoms with van der Waals surface area (Å²) in [5.74, 6) is 0.0868. The van der Waals surface area contributed by atoms with E-state index >= 15 is 0 Å². The van der Waals surface area contributed by atoms with Gasteiger partial charge in [0.25, 0.3) is 0 Å². The van der Waals surface area contributed by atoms with Crippen molar-refractivity contribution in [2.45, 2.75) is 0 Å². The van der Waals surface area contributed by atoms with E-state index in [1.165, 1.54) is 0 Å². The fourth-order valence-corrected chi connectivity index (χ4v) is 1.93. The van der Waals surface area contributed by atoms with Gasteiger partial charge in [0, 0.05) is 17.1 Å². The van der Waals surface area contributed by atoms with E-state index in [2.05, 4.69) is 20.9 Å². The molecule has 1 heterocycles. The molecule has 4 heteroatoms. The lowest BCUT2D eigenvalue weighted by atomic mass is 10.2. The van der Waals surface area contributed by atoms with Gasteiger partial charge in [-0.15, -0.1) is 0 Å². The second-order valence-corrected chi connectivity index (χ2v) is 3.69. The van der Waals surface area contributed by atoms with Crippen LogP contribution in [-0.4, -0.2) is 10.1 Å². The molecule has 2 rings (SSSR count). The average Bonchev–Trinajstić information content (AvgIpc) is 2.48. The zero-order valence-electron chi connectivity index (χ0n) is 5.94. The SMILES string of the molecule is Oc1c(Br)cc2[nH]ccc2c1Cl. The Balaban J connectivity index is 2.94. The summed E-state index contributed by atoms with van der Waals surface area (Å²) >= 11 is 9.07. The summed E-state index contributed by atoms with van der Waals surface area (Å²) in [4.78, 5) is 3.00. The Hall–Kier alpha value is -0.670. The fraction of sp³-hybridized carbons (Fsp3) is 0. The number of benzene rings is 1. The van der Waals surface area contributed by atoms with E-state index in [-0.39, 0.29) is 5.75 Å². The predicted octanol–water partition coefficient (Wildman–Crippen LogP) is 3.29. The monoisotopic (exact) mass is 245 g/mol. The summed E-state index contributed by atoms with van der Waals surface area (Å²) in [7, 11) is 0. The molecule has 0 saturated carbocycles. The van der Waals surface area contributed by atoms with E-state index in [4.69, 9.17) is 11.6 Å². The number of aromatic nitrogens is 1. The molecular weight excluding hydrogens is 241 g/mol. The highest BCUT2D eigenvalue weighted by Crippen LogP contribution is 2.37. The number of halogens is 2. The molecule has 0 fully saturated rings. The fourth-order valence-electron chi connectivity index (χ4n) is 1.12. The molecule has 2 N–H and O–H groups in total. The third-order valence-electron chi connectivity index (χ3n) is 1.72.